The van der Waals surface area contributed by atoms with Crippen molar-refractivity contribution in [3.63, 3.8) is 0 Å². The van der Waals surface area contributed by atoms with Crippen LogP contribution in [0.3, 0.4) is 0 Å². The molecule has 0 amide bonds. The summed E-state index contributed by atoms with van der Waals surface area (Å²) >= 11 is 6.34. The van der Waals surface area contributed by atoms with Crippen LogP contribution in [0.15, 0.2) is 53.7 Å². The summed E-state index contributed by atoms with van der Waals surface area (Å²) in [5.74, 6) is -0.455. The van der Waals surface area contributed by atoms with Gasteiger partial charge in [0.15, 0.2) is 0 Å². The van der Waals surface area contributed by atoms with Crippen LogP contribution >= 0.6 is 11.6 Å². The van der Waals surface area contributed by atoms with Crippen molar-refractivity contribution in [1.29, 1.82) is 0 Å². The lowest BCUT2D eigenvalue weighted by Crippen LogP contribution is -2.26. The van der Waals surface area contributed by atoms with Crippen molar-refractivity contribution in [1.82, 2.24) is 19.3 Å². The molecule has 1 atom stereocenters. The second kappa shape index (κ2) is 8.57. The number of nitrogens with zero attached hydrogens (tertiary/aromatic N) is 4. The second-order valence-electron chi connectivity index (χ2n) is 8.11. The van der Waals surface area contributed by atoms with Gasteiger partial charge in [0.1, 0.15) is 17.5 Å². The minimum absolute atomic E-state index is 0.0159. The van der Waals surface area contributed by atoms with E-state index in [1.807, 2.05) is 0 Å². The van der Waals surface area contributed by atoms with E-state index in [4.69, 9.17) is 11.6 Å². The highest BCUT2D eigenvalue weighted by atomic mass is 35.5. The molecular formula is C23H20ClF2N5O2. The average molecular weight is 472 g/mol. The van der Waals surface area contributed by atoms with Gasteiger partial charge in [-0.15, -0.1) is 0 Å². The molecule has 1 saturated carbocycles. The number of fused-ring (bicyclic) bond motifs is 1. The lowest BCUT2D eigenvalue weighted by molar-refractivity contribution is 0.263. The smallest absolute Gasteiger partial charge is 0.266 e. The number of rotatable bonds is 7. The summed E-state index contributed by atoms with van der Waals surface area (Å²) in [6.45, 7) is -0.168. The number of hydrogen-bond acceptors (Lipinski definition) is 5. The molecule has 170 valence electrons. The second-order valence-corrected chi connectivity index (χ2v) is 8.52. The predicted octanol–water partition coefficient (Wildman–Crippen LogP) is 3.74. The van der Waals surface area contributed by atoms with Crippen LogP contribution in [0.5, 0.6) is 0 Å². The third kappa shape index (κ3) is 4.21. The van der Waals surface area contributed by atoms with E-state index in [1.165, 1.54) is 39.8 Å². The number of anilines is 1. The summed E-state index contributed by atoms with van der Waals surface area (Å²) < 4.78 is 30.7. The van der Waals surface area contributed by atoms with Crippen LogP contribution in [0, 0.1) is 17.6 Å². The van der Waals surface area contributed by atoms with E-state index in [-0.39, 0.29) is 40.7 Å². The van der Waals surface area contributed by atoms with Gasteiger partial charge in [-0.3, -0.25) is 14.0 Å². The Morgan fingerprint density at radius 1 is 1.24 bits per heavy atom. The standard InChI is InChI=1S/C23H20ClF2N5O2/c24-16-9-27-22(28-20(12-32)13-4-5-13)8-21(16)31-7-6-19-15(23(31)33)11-30(29-19)10-14-17(25)2-1-3-18(14)26/h1-3,6-9,11,13,20,32H,4-5,10,12H2,(H,27,28)/t20-/m1/s1. The molecule has 0 bridgehead atoms. The zero-order valence-corrected chi connectivity index (χ0v) is 18.1. The predicted molar refractivity (Wildman–Crippen MR) is 121 cm³/mol. The highest BCUT2D eigenvalue weighted by Crippen LogP contribution is 2.34. The molecule has 0 unspecified atom stereocenters. The number of hydrogen-bond donors (Lipinski definition) is 2. The van der Waals surface area contributed by atoms with Crippen LogP contribution in [0.4, 0.5) is 14.6 Å². The summed E-state index contributed by atoms with van der Waals surface area (Å²) in [6, 6.07) is 6.83. The summed E-state index contributed by atoms with van der Waals surface area (Å²) in [5, 5.41) is 17.7. The Labute approximate surface area is 192 Å². The van der Waals surface area contributed by atoms with Gasteiger partial charge in [0.25, 0.3) is 5.56 Å². The first-order valence-corrected chi connectivity index (χ1v) is 10.9. The van der Waals surface area contributed by atoms with Gasteiger partial charge in [0, 0.05) is 24.0 Å². The SMILES string of the molecule is O=c1c2cn(Cc3c(F)cccc3F)nc2ccn1-c1cc(N[C@H](CO)C2CC2)ncc1Cl. The maximum atomic E-state index is 14.0. The zero-order chi connectivity index (χ0) is 23.1. The number of aliphatic hydroxyl groups excluding tert-OH is 1. The monoisotopic (exact) mass is 471 g/mol. The van der Waals surface area contributed by atoms with Gasteiger partial charge in [-0.25, -0.2) is 13.8 Å². The lowest BCUT2D eigenvalue weighted by atomic mass is 10.2. The molecule has 0 aliphatic heterocycles. The first-order chi connectivity index (χ1) is 15.9. The van der Waals surface area contributed by atoms with Crippen molar-refractivity contribution >= 4 is 28.3 Å². The molecule has 3 heterocycles. The molecule has 2 N–H and O–H groups in total. The Balaban J connectivity index is 1.50. The first-order valence-electron chi connectivity index (χ1n) is 10.5. The third-order valence-corrected chi connectivity index (χ3v) is 6.11. The molecule has 10 heteroatoms. The van der Waals surface area contributed by atoms with E-state index in [9.17, 15) is 18.7 Å². The molecular weight excluding hydrogens is 452 g/mol. The van der Waals surface area contributed by atoms with E-state index in [2.05, 4.69) is 15.4 Å². The van der Waals surface area contributed by atoms with Gasteiger partial charge < -0.3 is 10.4 Å². The Morgan fingerprint density at radius 2 is 2.00 bits per heavy atom. The number of benzene rings is 1. The molecule has 0 spiro atoms. The molecule has 0 saturated heterocycles. The Bertz CT molecular complexity index is 1380. The largest absolute Gasteiger partial charge is 0.394 e. The van der Waals surface area contributed by atoms with Gasteiger partial charge in [-0.05, 0) is 37.0 Å². The third-order valence-electron chi connectivity index (χ3n) is 5.82. The number of aliphatic hydroxyl groups is 1. The zero-order valence-electron chi connectivity index (χ0n) is 17.4. The van der Waals surface area contributed by atoms with Gasteiger partial charge >= 0.3 is 0 Å². The molecule has 4 aromatic rings. The van der Waals surface area contributed by atoms with Gasteiger partial charge in [-0.2, -0.15) is 5.10 Å². The van der Waals surface area contributed by atoms with Crippen LogP contribution in [-0.2, 0) is 6.54 Å². The average Bonchev–Trinajstić information content (AvgIpc) is 3.55. The van der Waals surface area contributed by atoms with E-state index < -0.39 is 11.6 Å². The summed E-state index contributed by atoms with van der Waals surface area (Å²) in [6.07, 6.45) is 6.55. The quantitative estimate of drug-likeness (QED) is 0.429. The van der Waals surface area contributed by atoms with Crippen molar-refractivity contribution in [3.8, 4) is 5.69 Å². The Hall–Kier alpha value is -3.30. The molecule has 1 fully saturated rings. The van der Waals surface area contributed by atoms with Crippen molar-refractivity contribution < 1.29 is 13.9 Å². The fourth-order valence-electron chi connectivity index (χ4n) is 3.88. The van der Waals surface area contributed by atoms with E-state index in [0.717, 1.165) is 12.8 Å². The van der Waals surface area contributed by atoms with Crippen LogP contribution in [0.2, 0.25) is 5.02 Å². The Kier molecular flexibility index (Phi) is 5.59. The molecule has 1 aromatic carbocycles. The summed E-state index contributed by atoms with van der Waals surface area (Å²) in [5.41, 5.74) is 0.299. The summed E-state index contributed by atoms with van der Waals surface area (Å²) in [7, 11) is 0. The van der Waals surface area contributed by atoms with E-state index in [1.54, 1.807) is 18.3 Å². The number of halogens is 3. The summed E-state index contributed by atoms with van der Waals surface area (Å²) in [4.78, 5) is 17.5. The van der Waals surface area contributed by atoms with Gasteiger partial charge in [0.2, 0.25) is 0 Å². The van der Waals surface area contributed by atoms with E-state index in [0.29, 0.717) is 22.9 Å². The molecule has 3 aromatic heterocycles. The van der Waals surface area contributed by atoms with Crippen molar-refractivity contribution in [2.75, 3.05) is 11.9 Å². The molecule has 7 nitrogen and oxygen atoms in total. The van der Waals surface area contributed by atoms with Crippen molar-refractivity contribution in [2.24, 2.45) is 5.92 Å². The minimum atomic E-state index is -0.678. The fraction of sp³-hybridized carbons (Fsp3) is 0.261. The molecule has 0 radical (unpaired) electrons. The maximum Gasteiger partial charge on any atom is 0.266 e. The minimum Gasteiger partial charge on any atom is -0.394 e. The topological polar surface area (TPSA) is 85.0 Å². The van der Waals surface area contributed by atoms with Crippen LogP contribution in [0.25, 0.3) is 16.6 Å². The van der Waals surface area contributed by atoms with Gasteiger partial charge in [0.05, 0.1) is 47.0 Å². The normalized spacial score (nSPS) is 14.5. The van der Waals surface area contributed by atoms with Crippen LogP contribution in [-0.4, -0.2) is 37.1 Å². The molecule has 1 aliphatic rings. The number of aromatic nitrogens is 4. The van der Waals surface area contributed by atoms with Gasteiger partial charge in [-0.1, -0.05) is 17.7 Å². The lowest BCUT2D eigenvalue weighted by Gasteiger charge is -2.17. The highest BCUT2D eigenvalue weighted by Gasteiger charge is 2.31. The van der Waals surface area contributed by atoms with Crippen molar-refractivity contribution in [2.45, 2.75) is 25.4 Å². The fourth-order valence-corrected chi connectivity index (χ4v) is 4.07. The van der Waals surface area contributed by atoms with E-state index >= 15 is 0 Å². The number of pyridine rings is 2. The van der Waals surface area contributed by atoms with Crippen LogP contribution in [0.1, 0.15) is 18.4 Å². The van der Waals surface area contributed by atoms with Crippen molar-refractivity contribution in [3.05, 3.63) is 81.5 Å². The Morgan fingerprint density at radius 3 is 2.70 bits per heavy atom. The number of nitrogens with one attached hydrogen (secondary N) is 1. The molecule has 5 rings (SSSR count). The highest BCUT2D eigenvalue weighted by molar-refractivity contribution is 6.32. The first kappa shape index (κ1) is 21.5. The molecule has 1 aliphatic carbocycles. The molecule has 33 heavy (non-hydrogen) atoms. The maximum absolute atomic E-state index is 14.0. The van der Waals surface area contributed by atoms with Crippen LogP contribution < -0.4 is 10.9 Å².